The fourth-order valence-electron chi connectivity index (χ4n) is 2.18. The van der Waals surface area contributed by atoms with Crippen LogP contribution in [0.15, 0.2) is 68.2 Å². The van der Waals surface area contributed by atoms with Gasteiger partial charge in [0.1, 0.15) is 0 Å². The van der Waals surface area contributed by atoms with E-state index >= 15 is 0 Å². The highest BCUT2D eigenvalue weighted by Crippen LogP contribution is 2.42. The average molecular weight is 487 g/mol. The van der Waals surface area contributed by atoms with Gasteiger partial charge in [0.15, 0.2) is 0 Å². The molecule has 0 saturated heterocycles. The minimum Gasteiger partial charge on any atom is -0.121 e. The van der Waals surface area contributed by atoms with Gasteiger partial charge in [0.25, 0.3) is 0 Å². The van der Waals surface area contributed by atoms with Gasteiger partial charge < -0.3 is 0 Å². The summed E-state index contributed by atoms with van der Waals surface area (Å²) in [7, 11) is 0. The monoisotopic (exact) mass is 484 g/mol. The molecule has 1 unspecified atom stereocenters. The highest BCUT2D eigenvalue weighted by atomic mass is 79.9. The minimum atomic E-state index is 0.194. The first-order valence-electron chi connectivity index (χ1n) is 6.39. The van der Waals surface area contributed by atoms with E-state index in [1.165, 1.54) is 22.3 Å². The maximum absolute atomic E-state index is 3.79. The van der Waals surface area contributed by atoms with Crippen LogP contribution in [0.2, 0.25) is 0 Å². The molecule has 0 spiro atoms. The van der Waals surface area contributed by atoms with Gasteiger partial charge in [0.05, 0.1) is 12.4 Å². The van der Waals surface area contributed by atoms with Crippen LogP contribution in [-0.4, -0.2) is 0 Å². The number of rotatable bonds is 3. The normalized spacial score (nSPS) is 12.3. The molecule has 0 fully saturated rings. The van der Waals surface area contributed by atoms with Crippen molar-refractivity contribution in [3.63, 3.8) is 0 Å². The number of benzene rings is 2. The lowest BCUT2D eigenvalue weighted by Crippen LogP contribution is -1.91. The third-order valence-corrected chi connectivity index (χ3v) is 6.67. The topological polar surface area (TPSA) is 0 Å². The van der Waals surface area contributed by atoms with E-state index in [9.17, 15) is 0 Å². The summed E-state index contributed by atoms with van der Waals surface area (Å²) in [6.07, 6.45) is 0. The molecule has 106 valence electrons. The maximum Gasteiger partial charge on any atom is 0.0757 e. The molecule has 1 atom stereocenters. The quantitative estimate of drug-likeness (QED) is 0.338. The van der Waals surface area contributed by atoms with Crippen LogP contribution in [0.25, 0.3) is 11.1 Å². The summed E-state index contributed by atoms with van der Waals surface area (Å²) in [4.78, 5) is 0.194. The summed E-state index contributed by atoms with van der Waals surface area (Å²) in [5, 5.41) is 0. The number of halogens is 3. The minimum absolute atomic E-state index is 0.194. The van der Waals surface area contributed by atoms with Crippen LogP contribution in [0, 0.1) is 0 Å². The molecule has 0 aliphatic heterocycles. The first-order valence-corrected chi connectivity index (χ1v) is 9.71. The van der Waals surface area contributed by atoms with Crippen molar-refractivity contribution < 1.29 is 0 Å². The Bertz CT molecular complexity index is 732. The molecule has 1 aromatic heterocycles. The van der Waals surface area contributed by atoms with Gasteiger partial charge in [-0.05, 0) is 60.2 Å². The van der Waals surface area contributed by atoms with Gasteiger partial charge in [0, 0.05) is 0 Å². The Kier molecular flexibility index (Phi) is 4.99. The standard InChI is InChI=1S/C17H11Br3S/c18-15-10-14(17(20)21-15)16(19)13-8-6-12(7-9-13)11-4-2-1-3-5-11/h1-10,16H. The lowest BCUT2D eigenvalue weighted by Gasteiger charge is -2.10. The van der Waals surface area contributed by atoms with Crippen LogP contribution in [0.1, 0.15) is 16.0 Å². The number of hydrogen-bond acceptors (Lipinski definition) is 1. The highest BCUT2D eigenvalue weighted by molar-refractivity contribution is 9.12. The van der Waals surface area contributed by atoms with Crippen LogP contribution in [0.3, 0.4) is 0 Å². The third-order valence-electron chi connectivity index (χ3n) is 3.27. The molecule has 0 saturated carbocycles. The van der Waals surface area contributed by atoms with Crippen molar-refractivity contribution in [2.75, 3.05) is 0 Å². The van der Waals surface area contributed by atoms with E-state index in [0.717, 1.165) is 7.57 Å². The lowest BCUT2D eigenvalue weighted by atomic mass is 10.0. The van der Waals surface area contributed by atoms with E-state index in [-0.39, 0.29) is 4.83 Å². The zero-order valence-electron chi connectivity index (χ0n) is 10.9. The first kappa shape index (κ1) is 15.5. The van der Waals surface area contributed by atoms with Crippen molar-refractivity contribution in [2.24, 2.45) is 0 Å². The fraction of sp³-hybridized carbons (Fsp3) is 0.0588. The lowest BCUT2D eigenvalue weighted by molar-refractivity contribution is 1.18. The zero-order valence-corrected chi connectivity index (χ0v) is 16.5. The summed E-state index contributed by atoms with van der Waals surface area (Å²) in [5.41, 5.74) is 4.99. The molecule has 3 aromatic rings. The van der Waals surface area contributed by atoms with Gasteiger partial charge >= 0.3 is 0 Å². The Morgan fingerprint density at radius 3 is 2.00 bits per heavy atom. The van der Waals surface area contributed by atoms with Crippen molar-refractivity contribution in [2.45, 2.75) is 4.83 Å². The maximum atomic E-state index is 3.79. The molecular formula is C17H11Br3S. The Morgan fingerprint density at radius 1 is 0.810 bits per heavy atom. The Morgan fingerprint density at radius 2 is 1.43 bits per heavy atom. The van der Waals surface area contributed by atoms with E-state index in [1.807, 2.05) is 6.07 Å². The van der Waals surface area contributed by atoms with Crippen LogP contribution in [0.5, 0.6) is 0 Å². The summed E-state index contributed by atoms with van der Waals surface area (Å²) < 4.78 is 2.29. The predicted molar refractivity (Wildman–Crippen MR) is 102 cm³/mol. The van der Waals surface area contributed by atoms with E-state index in [2.05, 4.69) is 102 Å². The zero-order chi connectivity index (χ0) is 14.8. The molecule has 0 bridgehead atoms. The van der Waals surface area contributed by atoms with Gasteiger partial charge in [-0.3, -0.25) is 0 Å². The second-order valence-corrected chi connectivity index (χ2v) is 9.30. The fourth-order valence-corrected chi connectivity index (χ4v) is 6.21. The predicted octanol–water partition coefficient (Wildman–Crippen LogP) is 7.42. The number of alkyl halides is 1. The van der Waals surface area contributed by atoms with Crippen LogP contribution >= 0.6 is 59.1 Å². The largest absolute Gasteiger partial charge is 0.121 e. The van der Waals surface area contributed by atoms with Gasteiger partial charge in [-0.1, -0.05) is 70.5 Å². The molecule has 2 aromatic carbocycles. The van der Waals surface area contributed by atoms with E-state index in [1.54, 1.807) is 11.3 Å². The molecule has 21 heavy (non-hydrogen) atoms. The molecule has 1 heterocycles. The Hall–Kier alpha value is -0.420. The molecule has 4 heteroatoms. The van der Waals surface area contributed by atoms with Gasteiger partial charge in [-0.2, -0.15) is 0 Å². The second-order valence-electron chi connectivity index (χ2n) is 4.63. The number of hydrogen-bond donors (Lipinski definition) is 0. The molecule has 3 rings (SSSR count). The third kappa shape index (κ3) is 3.50. The summed E-state index contributed by atoms with van der Waals surface area (Å²) in [6, 6.07) is 21.3. The first-order chi connectivity index (χ1) is 10.1. The van der Waals surface area contributed by atoms with Crippen molar-refractivity contribution in [3.8, 4) is 11.1 Å². The van der Waals surface area contributed by atoms with E-state index in [0.29, 0.717) is 0 Å². The molecule has 0 N–H and O–H groups in total. The Balaban J connectivity index is 1.89. The SMILES string of the molecule is Brc1cc(C(Br)c2ccc(-c3ccccc3)cc2)c(Br)s1. The summed E-state index contributed by atoms with van der Waals surface area (Å²) in [5.74, 6) is 0. The molecule has 0 aliphatic carbocycles. The number of thiophene rings is 1. The van der Waals surface area contributed by atoms with Crippen molar-refractivity contribution in [1.82, 2.24) is 0 Å². The highest BCUT2D eigenvalue weighted by Gasteiger charge is 2.16. The molecule has 0 radical (unpaired) electrons. The van der Waals surface area contributed by atoms with Crippen molar-refractivity contribution in [1.29, 1.82) is 0 Å². The van der Waals surface area contributed by atoms with Crippen LogP contribution in [0.4, 0.5) is 0 Å². The van der Waals surface area contributed by atoms with Gasteiger partial charge in [0.2, 0.25) is 0 Å². The summed E-state index contributed by atoms with van der Waals surface area (Å²) >= 11 is 12.6. The average Bonchev–Trinajstić information content (AvgIpc) is 2.86. The molecule has 0 aliphatic rings. The van der Waals surface area contributed by atoms with Crippen LogP contribution < -0.4 is 0 Å². The smallest absolute Gasteiger partial charge is 0.0757 e. The van der Waals surface area contributed by atoms with Gasteiger partial charge in [-0.25, -0.2) is 0 Å². The van der Waals surface area contributed by atoms with Crippen molar-refractivity contribution in [3.05, 3.63) is 79.4 Å². The second kappa shape index (κ2) is 6.78. The van der Waals surface area contributed by atoms with E-state index in [4.69, 9.17) is 0 Å². The van der Waals surface area contributed by atoms with Gasteiger partial charge in [-0.15, -0.1) is 11.3 Å². The molecule has 0 amide bonds. The molecular weight excluding hydrogens is 476 g/mol. The van der Waals surface area contributed by atoms with Crippen molar-refractivity contribution >= 4 is 59.1 Å². The molecule has 0 nitrogen and oxygen atoms in total. The van der Waals surface area contributed by atoms with Crippen LogP contribution in [-0.2, 0) is 0 Å². The summed E-state index contributed by atoms with van der Waals surface area (Å²) in [6.45, 7) is 0. The Labute approximate surface area is 153 Å². The van der Waals surface area contributed by atoms with E-state index < -0.39 is 0 Å².